The lowest BCUT2D eigenvalue weighted by molar-refractivity contribution is 0.475. The first-order valence-electron chi connectivity index (χ1n) is 6.12. The molecule has 4 nitrogen and oxygen atoms in total. The molecule has 0 spiro atoms. The maximum atomic E-state index is 12.7. The van der Waals surface area contributed by atoms with Crippen LogP contribution < -0.4 is 0 Å². The van der Waals surface area contributed by atoms with Gasteiger partial charge in [0.25, 0.3) is 0 Å². The SMILES string of the molecule is O=S(=O)(c1ccc(O)cc1)c1ncsc1-c1ccccc1. The van der Waals surface area contributed by atoms with Gasteiger partial charge in [0, 0.05) is 0 Å². The fourth-order valence-electron chi connectivity index (χ4n) is 1.95. The van der Waals surface area contributed by atoms with Gasteiger partial charge in [0.1, 0.15) is 5.75 Å². The van der Waals surface area contributed by atoms with Crippen molar-refractivity contribution in [1.29, 1.82) is 0 Å². The monoisotopic (exact) mass is 317 g/mol. The van der Waals surface area contributed by atoms with Crippen molar-refractivity contribution in [3.05, 3.63) is 60.1 Å². The minimum atomic E-state index is -3.70. The van der Waals surface area contributed by atoms with Crippen molar-refractivity contribution in [3.8, 4) is 16.2 Å². The number of benzene rings is 2. The van der Waals surface area contributed by atoms with Crippen LogP contribution in [-0.4, -0.2) is 18.5 Å². The number of hydrogen-bond donors (Lipinski definition) is 1. The van der Waals surface area contributed by atoms with E-state index in [2.05, 4.69) is 4.98 Å². The number of phenolic OH excluding ortho intramolecular Hbond substituents is 1. The number of rotatable bonds is 3. The Bertz CT molecular complexity index is 853. The number of phenols is 1. The average Bonchev–Trinajstić information content (AvgIpc) is 2.99. The Hall–Kier alpha value is -2.18. The molecule has 0 aliphatic heterocycles. The van der Waals surface area contributed by atoms with Crippen LogP contribution in [0.5, 0.6) is 5.75 Å². The number of thiazole rings is 1. The Morgan fingerprint density at radius 3 is 2.29 bits per heavy atom. The summed E-state index contributed by atoms with van der Waals surface area (Å²) in [4.78, 5) is 4.76. The van der Waals surface area contributed by atoms with Crippen LogP contribution in [0.2, 0.25) is 0 Å². The second-order valence-corrected chi connectivity index (χ2v) is 7.07. The van der Waals surface area contributed by atoms with Crippen LogP contribution in [-0.2, 0) is 9.84 Å². The van der Waals surface area contributed by atoms with Gasteiger partial charge in [-0.2, -0.15) is 0 Å². The summed E-state index contributed by atoms with van der Waals surface area (Å²) in [6.45, 7) is 0. The first-order chi connectivity index (χ1) is 10.1. The molecule has 106 valence electrons. The zero-order valence-corrected chi connectivity index (χ0v) is 12.4. The van der Waals surface area contributed by atoms with Gasteiger partial charge in [-0.3, -0.25) is 0 Å². The molecule has 0 atom stereocenters. The van der Waals surface area contributed by atoms with Gasteiger partial charge in [-0.25, -0.2) is 13.4 Å². The molecule has 0 saturated heterocycles. The van der Waals surface area contributed by atoms with Crippen molar-refractivity contribution in [3.63, 3.8) is 0 Å². The predicted octanol–water partition coefficient (Wildman–Crippen LogP) is 3.35. The van der Waals surface area contributed by atoms with Crippen molar-refractivity contribution in [2.45, 2.75) is 9.92 Å². The van der Waals surface area contributed by atoms with Crippen LogP contribution in [0.1, 0.15) is 0 Å². The standard InChI is InChI=1S/C15H11NO3S2/c17-12-6-8-13(9-7-12)21(18,19)15-14(20-10-16-15)11-4-2-1-3-5-11/h1-10,17H. The summed E-state index contributed by atoms with van der Waals surface area (Å²) in [6.07, 6.45) is 0. The van der Waals surface area contributed by atoms with Crippen LogP contribution in [0.15, 0.2) is 70.0 Å². The second-order valence-electron chi connectivity index (χ2n) is 4.35. The van der Waals surface area contributed by atoms with Gasteiger partial charge in [0.05, 0.1) is 15.3 Å². The summed E-state index contributed by atoms with van der Waals surface area (Å²) in [5.41, 5.74) is 2.34. The van der Waals surface area contributed by atoms with E-state index < -0.39 is 9.84 Å². The molecular formula is C15H11NO3S2. The third kappa shape index (κ3) is 2.55. The van der Waals surface area contributed by atoms with E-state index in [0.717, 1.165) is 5.56 Å². The van der Waals surface area contributed by atoms with E-state index in [0.29, 0.717) is 4.88 Å². The second kappa shape index (κ2) is 5.31. The minimum absolute atomic E-state index is 0.0236. The van der Waals surface area contributed by atoms with E-state index >= 15 is 0 Å². The van der Waals surface area contributed by atoms with Crippen LogP contribution in [0.4, 0.5) is 0 Å². The van der Waals surface area contributed by atoms with Gasteiger partial charge >= 0.3 is 0 Å². The molecule has 21 heavy (non-hydrogen) atoms. The van der Waals surface area contributed by atoms with Crippen molar-refractivity contribution in [2.24, 2.45) is 0 Å². The Morgan fingerprint density at radius 2 is 1.62 bits per heavy atom. The highest BCUT2D eigenvalue weighted by molar-refractivity contribution is 7.91. The normalized spacial score (nSPS) is 11.4. The van der Waals surface area contributed by atoms with Gasteiger partial charge < -0.3 is 5.11 Å². The van der Waals surface area contributed by atoms with Crippen LogP contribution in [0, 0.1) is 0 Å². The topological polar surface area (TPSA) is 67.3 Å². The molecule has 0 amide bonds. The smallest absolute Gasteiger partial charge is 0.225 e. The van der Waals surface area contributed by atoms with E-state index in [1.165, 1.54) is 41.1 Å². The maximum absolute atomic E-state index is 12.7. The molecule has 0 saturated carbocycles. The van der Waals surface area contributed by atoms with Crippen molar-refractivity contribution >= 4 is 21.2 Å². The summed E-state index contributed by atoms with van der Waals surface area (Å²) in [5.74, 6) is 0.0236. The Labute approximate surface area is 126 Å². The predicted molar refractivity (Wildman–Crippen MR) is 81.1 cm³/mol. The fraction of sp³-hybridized carbons (Fsp3) is 0. The zero-order valence-electron chi connectivity index (χ0n) is 10.8. The van der Waals surface area contributed by atoms with E-state index in [1.54, 1.807) is 0 Å². The van der Waals surface area contributed by atoms with Crippen molar-refractivity contribution < 1.29 is 13.5 Å². The Kier molecular flexibility index (Phi) is 3.48. The van der Waals surface area contributed by atoms with E-state index in [9.17, 15) is 13.5 Å². The van der Waals surface area contributed by atoms with Gasteiger partial charge in [-0.15, -0.1) is 11.3 Å². The molecule has 0 aliphatic carbocycles. The van der Waals surface area contributed by atoms with E-state index in [1.807, 2.05) is 30.3 Å². The molecule has 3 aromatic rings. The molecule has 1 aromatic heterocycles. The molecular weight excluding hydrogens is 306 g/mol. The van der Waals surface area contributed by atoms with Crippen molar-refractivity contribution in [2.75, 3.05) is 0 Å². The third-order valence-corrected chi connectivity index (χ3v) is 5.69. The van der Waals surface area contributed by atoms with Crippen LogP contribution >= 0.6 is 11.3 Å². The molecule has 1 N–H and O–H groups in total. The number of nitrogens with zero attached hydrogens (tertiary/aromatic N) is 1. The lowest BCUT2D eigenvalue weighted by Gasteiger charge is -2.05. The molecule has 1 heterocycles. The maximum Gasteiger partial charge on any atom is 0.225 e. The lowest BCUT2D eigenvalue weighted by Crippen LogP contribution is -2.03. The van der Waals surface area contributed by atoms with Crippen molar-refractivity contribution in [1.82, 2.24) is 4.98 Å². The highest BCUT2D eigenvalue weighted by Gasteiger charge is 2.24. The minimum Gasteiger partial charge on any atom is -0.508 e. The molecule has 2 aromatic carbocycles. The molecule has 0 aliphatic rings. The Balaban J connectivity index is 2.13. The molecule has 3 rings (SSSR count). The highest BCUT2D eigenvalue weighted by atomic mass is 32.2. The van der Waals surface area contributed by atoms with Crippen LogP contribution in [0.25, 0.3) is 10.4 Å². The molecule has 0 fully saturated rings. The number of sulfone groups is 1. The number of aromatic hydroxyl groups is 1. The van der Waals surface area contributed by atoms with Crippen LogP contribution in [0.3, 0.4) is 0 Å². The molecule has 6 heteroatoms. The summed E-state index contributed by atoms with van der Waals surface area (Å²) in [6, 6.07) is 14.7. The molecule has 0 radical (unpaired) electrons. The lowest BCUT2D eigenvalue weighted by atomic mass is 10.2. The summed E-state index contributed by atoms with van der Waals surface area (Å²) >= 11 is 1.29. The van der Waals surface area contributed by atoms with Gasteiger partial charge in [0.15, 0.2) is 5.03 Å². The highest BCUT2D eigenvalue weighted by Crippen LogP contribution is 2.33. The average molecular weight is 317 g/mol. The molecule has 0 unspecified atom stereocenters. The van der Waals surface area contributed by atoms with E-state index in [4.69, 9.17) is 0 Å². The van der Waals surface area contributed by atoms with Gasteiger partial charge in [-0.05, 0) is 29.8 Å². The third-order valence-electron chi connectivity index (χ3n) is 2.97. The summed E-state index contributed by atoms with van der Waals surface area (Å²) in [5, 5.41) is 9.32. The quantitative estimate of drug-likeness (QED) is 0.804. The zero-order chi connectivity index (χ0) is 14.9. The fourth-order valence-corrected chi connectivity index (χ4v) is 4.45. The van der Waals surface area contributed by atoms with E-state index in [-0.39, 0.29) is 15.7 Å². The Morgan fingerprint density at radius 1 is 0.952 bits per heavy atom. The largest absolute Gasteiger partial charge is 0.508 e. The first kappa shape index (κ1) is 13.8. The number of aromatic nitrogens is 1. The van der Waals surface area contributed by atoms with Gasteiger partial charge in [-0.1, -0.05) is 30.3 Å². The number of hydrogen-bond acceptors (Lipinski definition) is 5. The summed E-state index contributed by atoms with van der Waals surface area (Å²) < 4.78 is 25.3. The van der Waals surface area contributed by atoms with Gasteiger partial charge in [0.2, 0.25) is 9.84 Å². The summed E-state index contributed by atoms with van der Waals surface area (Å²) in [7, 11) is -3.70. The first-order valence-corrected chi connectivity index (χ1v) is 8.48. The molecule has 0 bridgehead atoms.